The van der Waals surface area contributed by atoms with Crippen molar-refractivity contribution in [2.24, 2.45) is 5.73 Å². The van der Waals surface area contributed by atoms with Crippen molar-refractivity contribution in [3.8, 4) is 5.75 Å². The number of hydrogen-bond donors (Lipinski definition) is 3. The van der Waals surface area contributed by atoms with Crippen LogP contribution in [0.1, 0.15) is 31.2 Å². The van der Waals surface area contributed by atoms with E-state index in [1.165, 1.54) is 0 Å². The molecule has 4 N–H and O–H groups in total. The number of carbonyl (C=O) groups is 1. The monoisotopic (exact) mass is 288 g/mol. The van der Waals surface area contributed by atoms with Crippen molar-refractivity contribution in [2.45, 2.75) is 37.4 Å². The summed E-state index contributed by atoms with van der Waals surface area (Å²) in [7, 11) is 0. The third-order valence-electron chi connectivity index (χ3n) is 3.52. The van der Waals surface area contributed by atoms with Gasteiger partial charge in [0.15, 0.2) is 0 Å². The van der Waals surface area contributed by atoms with Gasteiger partial charge in [-0.05, 0) is 31.0 Å². The second kappa shape index (κ2) is 4.97. The van der Waals surface area contributed by atoms with Crippen LogP contribution in [0.2, 0.25) is 0 Å². The zero-order chi connectivity index (χ0) is 15.0. The standard InChI is InChI=1S/C13H15F3N2O2/c14-13(15,16)8-3-4-10(19)9(7-8)18-11(20)12(17)5-1-2-6-12/h3-4,7,19H,1-2,5-6,17H2,(H,18,20). The molecule has 0 unspecified atom stereocenters. The Labute approximate surface area is 113 Å². The molecule has 0 aliphatic heterocycles. The van der Waals surface area contributed by atoms with Crippen LogP contribution in [0.15, 0.2) is 18.2 Å². The highest BCUT2D eigenvalue weighted by Gasteiger charge is 2.38. The molecule has 1 amide bonds. The highest BCUT2D eigenvalue weighted by molar-refractivity contribution is 5.99. The highest BCUT2D eigenvalue weighted by Crippen LogP contribution is 2.35. The minimum absolute atomic E-state index is 0.276. The average molecular weight is 288 g/mol. The third-order valence-corrected chi connectivity index (χ3v) is 3.52. The van der Waals surface area contributed by atoms with Gasteiger partial charge in [0.2, 0.25) is 5.91 Å². The summed E-state index contributed by atoms with van der Waals surface area (Å²) in [6, 6.07) is 2.35. The second-order valence-electron chi connectivity index (χ2n) is 5.05. The van der Waals surface area contributed by atoms with Crippen molar-refractivity contribution >= 4 is 11.6 Å². The molecule has 1 aliphatic carbocycles. The first-order chi connectivity index (χ1) is 9.22. The molecule has 1 fully saturated rings. The fourth-order valence-electron chi connectivity index (χ4n) is 2.29. The van der Waals surface area contributed by atoms with Crippen molar-refractivity contribution in [3.05, 3.63) is 23.8 Å². The van der Waals surface area contributed by atoms with E-state index in [9.17, 15) is 23.1 Å². The lowest BCUT2D eigenvalue weighted by Gasteiger charge is -2.22. The molecule has 4 nitrogen and oxygen atoms in total. The number of benzene rings is 1. The maximum Gasteiger partial charge on any atom is 0.416 e. The van der Waals surface area contributed by atoms with Crippen LogP contribution >= 0.6 is 0 Å². The Morgan fingerprint density at radius 1 is 1.30 bits per heavy atom. The number of hydrogen-bond acceptors (Lipinski definition) is 3. The van der Waals surface area contributed by atoms with Crippen molar-refractivity contribution in [1.82, 2.24) is 0 Å². The van der Waals surface area contributed by atoms with E-state index in [-0.39, 0.29) is 5.69 Å². The number of aromatic hydroxyl groups is 1. The zero-order valence-electron chi connectivity index (χ0n) is 10.6. The van der Waals surface area contributed by atoms with Crippen LogP contribution in [0, 0.1) is 0 Å². The number of nitrogens with two attached hydrogens (primary N) is 1. The van der Waals surface area contributed by atoms with Gasteiger partial charge in [0.05, 0.1) is 16.8 Å². The molecule has 0 aromatic heterocycles. The van der Waals surface area contributed by atoms with Gasteiger partial charge in [-0.3, -0.25) is 4.79 Å². The first kappa shape index (κ1) is 14.6. The Morgan fingerprint density at radius 2 is 1.90 bits per heavy atom. The molecule has 0 heterocycles. The molecule has 1 aromatic carbocycles. The smallest absolute Gasteiger partial charge is 0.416 e. The molecule has 0 atom stereocenters. The summed E-state index contributed by atoms with van der Waals surface area (Å²) in [6.45, 7) is 0. The number of carbonyl (C=O) groups excluding carboxylic acids is 1. The van der Waals surface area contributed by atoms with Crippen LogP contribution in [0.5, 0.6) is 5.75 Å². The molecular formula is C13H15F3N2O2. The Balaban J connectivity index is 2.22. The van der Waals surface area contributed by atoms with Crippen LogP contribution in [0.25, 0.3) is 0 Å². The van der Waals surface area contributed by atoms with Gasteiger partial charge in [-0.2, -0.15) is 13.2 Å². The van der Waals surface area contributed by atoms with E-state index >= 15 is 0 Å². The summed E-state index contributed by atoms with van der Waals surface area (Å²) < 4.78 is 37.8. The summed E-state index contributed by atoms with van der Waals surface area (Å²) in [5.41, 5.74) is 3.62. The molecule has 0 saturated heterocycles. The van der Waals surface area contributed by atoms with Crippen LogP contribution in [-0.2, 0) is 11.0 Å². The third kappa shape index (κ3) is 2.87. The van der Waals surface area contributed by atoms with Crippen LogP contribution in [0.3, 0.4) is 0 Å². The number of nitrogens with one attached hydrogen (secondary N) is 1. The van der Waals surface area contributed by atoms with E-state index in [4.69, 9.17) is 5.73 Å². The SMILES string of the molecule is NC1(C(=O)Nc2cc(C(F)(F)F)ccc2O)CCCC1. The molecule has 2 rings (SSSR count). The van der Waals surface area contributed by atoms with E-state index in [0.29, 0.717) is 18.9 Å². The molecule has 0 bridgehead atoms. The van der Waals surface area contributed by atoms with Crippen LogP contribution in [-0.4, -0.2) is 16.6 Å². The number of phenols is 1. The van der Waals surface area contributed by atoms with Crippen molar-refractivity contribution in [1.29, 1.82) is 0 Å². The number of amides is 1. The van der Waals surface area contributed by atoms with Gasteiger partial charge in [-0.1, -0.05) is 12.8 Å². The lowest BCUT2D eigenvalue weighted by Crippen LogP contribution is -2.48. The van der Waals surface area contributed by atoms with Gasteiger partial charge in [0, 0.05) is 0 Å². The lowest BCUT2D eigenvalue weighted by molar-refractivity contribution is -0.137. The molecule has 0 spiro atoms. The zero-order valence-corrected chi connectivity index (χ0v) is 10.6. The van der Waals surface area contributed by atoms with Crippen molar-refractivity contribution < 1.29 is 23.1 Å². The molecule has 1 saturated carbocycles. The Morgan fingerprint density at radius 3 is 2.45 bits per heavy atom. The minimum Gasteiger partial charge on any atom is -0.506 e. The van der Waals surface area contributed by atoms with Crippen molar-refractivity contribution in [2.75, 3.05) is 5.32 Å². The molecule has 1 aliphatic rings. The average Bonchev–Trinajstić information content (AvgIpc) is 2.79. The number of rotatable bonds is 2. The van der Waals surface area contributed by atoms with E-state index in [2.05, 4.69) is 5.32 Å². The van der Waals surface area contributed by atoms with E-state index in [1.807, 2.05) is 0 Å². The Kier molecular flexibility index (Phi) is 3.64. The summed E-state index contributed by atoms with van der Waals surface area (Å²) in [5, 5.41) is 11.8. The maximum absolute atomic E-state index is 12.6. The van der Waals surface area contributed by atoms with E-state index in [0.717, 1.165) is 25.0 Å². The fourth-order valence-corrected chi connectivity index (χ4v) is 2.29. The molecule has 20 heavy (non-hydrogen) atoms. The second-order valence-corrected chi connectivity index (χ2v) is 5.05. The fraction of sp³-hybridized carbons (Fsp3) is 0.462. The van der Waals surface area contributed by atoms with Gasteiger partial charge in [-0.25, -0.2) is 0 Å². The Bertz CT molecular complexity index is 523. The first-order valence-corrected chi connectivity index (χ1v) is 6.23. The topological polar surface area (TPSA) is 75.4 Å². The van der Waals surface area contributed by atoms with Gasteiger partial charge in [0.25, 0.3) is 0 Å². The normalized spacial score (nSPS) is 18.0. The number of halogens is 3. The molecule has 0 radical (unpaired) electrons. The highest BCUT2D eigenvalue weighted by atomic mass is 19.4. The van der Waals surface area contributed by atoms with Crippen molar-refractivity contribution in [3.63, 3.8) is 0 Å². The van der Waals surface area contributed by atoms with Crippen LogP contribution in [0.4, 0.5) is 18.9 Å². The largest absolute Gasteiger partial charge is 0.506 e. The summed E-state index contributed by atoms with van der Waals surface area (Å²) in [5.74, 6) is -0.988. The number of anilines is 1. The van der Waals surface area contributed by atoms with E-state index in [1.54, 1.807) is 0 Å². The van der Waals surface area contributed by atoms with Gasteiger partial charge in [0.1, 0.15) is 5.75 Å². The lowest BCUT2D eigenvalue weighted by atomic mass is 9.98. The molecule has 110 valence electrons. The van der Waals surface area contributed by atoms with Crippen LogP contribution < -0.4 is 11.1 Å². The quantitative estimate of drug-likeness (QED) is 0.732. The maximum atomic E-state index is 12.6. The summed E-state index contributed by atoms with van der Waals surface area (Å²) in [6.07, 6.45) is -1.96. The summed E-state index contributed by atoms with van der Waals surface area (Å²) >= 11 is 0. The first-order valence-electron chi connectivity index (χ1n) is 6.23. The predicted octanol–water partition coefficient (Wildman–Crippen LogP) is 2.62. The summed E-state index contributed by atoms with van der Waals surface area (Å²) in [4.78, 5) is 12.0. The predicted molar refractivity (Wildman–Crippen MR) is 67.1 cm³/mol. The number of alkyl halides is 3. The molecule has 7 heteroatoms. The van der Waals surface area contributed by atoms with Gasteiger partial charge in [-0.15, -0.1) is 0 Å². The molecule has 1 aromatic rings. The van der Waals surface area contributed by atoms with E-state index < -0.39 is 28.9 Å². The number of phenolic OH excluding ortho intramolecular Hbond substituents is 1. The molecular weight excluding hydrogens is 273 g/mol. The van der Waals surface area contributed by atoms with Gasteiger partial charge >= 0.3 is 6.18 Å². The van der Waals surface area contributed by atoms with Gasteiger partial charge < -0.3 is 16.2 Å². The minimum atomic E-state index is -4.54. The Hall–Kier alpha value is -1.76.